The predicted molar refractivity (Wildman–Crippen MR) is 99.3 cm³/mol. The molecule has 0 spiro atoms. The van der Waals surface area contributed by atoms with Gasteiger partial charge in [-0.3, -0.25) is 0 Å². The van der Waals surface area contributed by atoms with Crippen molar-refractivity contribution in [1.29, 1.82) is 0 Å². The van der Waals surface area contributed by atoms with Gasteiger partial charge in [0, 0.05) is 6.54 Å². The van der Waals surface area contributed by atoms with Crippen molar-refractivity contribution >= 4 is 32.9 Å². The lowest BCUT2D eigenvalue weighted by molar-refractivity contribution is 0.416. The Kier molecular flexibility index (Phi) is 5.94. The van der Waals surface area contributed by atoms with Crippen LogP contribution in [0.4, 0.5) is 5.69 Å². The molecule has 0 aliphatic carbocycles. The van der Waals surface area contributed by atoms with Crippen molar-refractivity contribution in [1.82, 2.24) is 5.32 Å². The van der Waals surface area contributed by atoms with Crippen LogP contribution in [0, 0.1) is 0 Å². The maximum atomic E-state index is 12.7. The van der Waals surface area contributed by atoms with E-state index in [1.807, 2.05) is 0 Å². The highest BCUT2D eigenvalue weighted by Gasteiger charge is 2.19. The van der Waals surface area contributed by atoms with Crippen molar-refractivity contribution in [3.05, 3.63) is 61.2 Å². The fraction of sp³-hybridized carbons (Fsp3) is 0.118. The lowest BCUT2D eigenvalue weighted by Crippen LogP contribution is -2.28. The Morgan fingerprint density at radius 3 is 2.54 bits per heavy atom. The number of methoxy groups -OCH3 is 1. The minimum atomic E-state index is -3.61. The molecule has 0 radical (unpaired) electrons. The molecule has 126 valence electrons. The third-order valence-electron chi connectivity index (χ3n) is 3.19. The zero-order chi connectivity index (χ0) is 17.6. The second-order valence-corrected chi connectivity index (χ2v) is 7.16. The van der Waals surface area contributed by atoms with Crippen molar-refractivity contribution in [2.75, 3.05) is 19.0 Å². The van der Waals surface area contributed by atoms with E-state index in [1.54, 1.807) is 42.5 Å². The minimum Gasteiger partial charge on any atom is -0.495 e. The number of thiocarbonyl (C=S) groups is 1. The molecule has 0 fully saturated rings. The molecule has 2 aromatic rings. The molecule has 0 bridgehead atoms. The summed E-state index contributed by atoms with van der Waals surface area (Å²) in [6.07, 6.45) is 1.67. The van der Waals surface area contributed by atoms with Crippen molar-refractivity contribution in [3.8, 4) is 5.75 Å². The summed E-state index contributed by atoms with van der Waals surface area (Å²) in [5, 5.41) is 6.21. The summed E-state index contributed by atoms with van der Waals surface area (Å²) in [6.45, 7) is 4.10. The van der Waals surface area contributed by atoms with E-state index in [4.69, 9.17) is 17.0 Å². The van der Waals surface area contributed by atoms with Crippen molar-refractivity contribution < 1.29 is 13.2 Å². The van der Waals surface area contributed by atoms with E-state index in [1.165, 1.54) is 19.2 Å². The molecule has 0 heterocycles. The van der Waals surface area contributed by atoms with Crippen molar-refractivity contribution in [2.24, 2.45) is 0 Å². The molecule has 24 heavy (non-hydrogen) atoms. The number of anilines is 1. The first-order chi connectivity index (χ1) is 11.5. The Morgan fingerprint density at radius 1 is 1.21 bits per heavy atom. The minimum absolute atomic E-state index is 0.156. The van der Waals surface area contributed by atoms with Gasteiger partial charge in [0.1, 0.15) is 5.75 Å². The molecule has 5 nitrogen and oxygen atoms in total. The van der Waals surface area contributed by atoms with Gasteiger partial charge < -0.3 is 15.4 Å². The Morgan fingerprint density at radius 2 is 1.92 bits per heavy atom. The average Bonchev–Trinajstić information content (AvgIpc) is 2.60. The molecule has 0 unspecified atom stereocenters. The predicted octanol–water partition coefficient (Wildman–Crippen LogP) is 3.00. The van der Waals surface area contributed by atoms with Crippen LogP contribution < -0.4 is 15.4 Å². The molecular formula is C17H18N2O3S2. The summed E-state index contributed by atoms with van der Waals surface area (Å²) in [7, 11) is -2.11. The molecule has 0 aromatic heterocycles. The molecule has 2 rings (SSSR count). The van der Waals surface area contributed by atoms with E-state index in [2.05, 4.69) is 17.2 Å². The van der Waals surface area contributed by atoms with E-state index >= 15 is 0 Å². The fourth-order valence-corrected chi connectivity index (χ4v) is 3.52. The molecule has 0 saturated carbocycles. The Bertz CT molecular complexity index is 834. The van der Waals surface area contributed by atoms with Gasteiger partial charge in [0.25, 0.3) is 0 Å². The lowest BCUT2D eigenvalue weighted by atomic mass is 10.3. The van der Waals surface area contributed by atoms with Gasteiger partial charge in [0.05, 0.1) is 22.6 Å². The quantitative estimate of drug-likeness (QED) is 0.608. The van der Waals surface area contributed by atoms with Crippen LogP contribution in [0.2, 0.25) is 0 Å². The Hall–Kier alpha value is -2.38. The number of benzene rings is 2. The number of sulfone groups is 1. The van der Waals surface area contributed by atoms with Crippen LogP contribution in [0.5, 0.6) is 5.75 Å². The molecule has 2 aromatic carbocycles. The summed E-state index contributed by atoms with van der Waals surface area (Å²) in [5.41, 5.74) is 0.469. The number of hydrogen-bond donors (Lipinski definition) is 2. The second kappa shape index (κ2) is 7.94. The average molecular weight is 362 g/mol. The van der Waals surface area contributed by atoms with Gasteiger partial charge in [-0.15, -0.1) is 6.58 Å². The van der Waals surface area contributed by atoms with Crippen LogP contribution in [-0.4, -0.2) is 27.2 Å². The number of nitrogens with one attached hydrogen (secondary N) is 2. The van der Waals surface area contributed by atoms with Gasteiger partial charge in [-0.05, 0) is 42.5 Å². The zero-order valence-corrected chi connectivity index (χ0v) is 14.8. The highest BCUT2D eigenvalue weighted by molar-refractivity contribution is 7.91. The zero-order valence-electron chi connectivity index (χ0n) is 13.2. The number of hydrogen-bond acceptors (Lipinski definition) is 4. The van der Waals surface area contributed by atoms with Crippen LogP contribution in [0.25, 0.3) is 0 Å². The summed E-state index contributed by atoms with van der Waals surface area (Å²) in [4.78, 5) is 0.386. The first-order valence-corrected chi connectivity index (χ1v) is 9.02. The second-order valence-electron chi connectivity index (χ2n) is 4.80. The van der Waals surface area contributed by atoms with Crippen LogP contribution in [0.1, 0.15) is 0 Å². The van der Waals surface area contributed by atoms with E-state index in [0.29, 0.717) is 23.1 Å². The van der Waals surface area contributed by atoms with Gasteiger partial charge in [-0.25, -0.2) is 8.42 Å². The maximum absolute atomic E-state index is 12.7. The molecule has 0 atom stereocenters. The van der Waals surface area contributed by atoms with Crippen LogP contribution in [0.15, 0.2) is 71.0 Å². The molecule has 0 aliphatic rings. The third kappa shape index (κ3) is 4.12. The SMILES string of the molecule is C=CCNC(=S)Nc1cc(S(=O)(=O)c2ccccc2)ccc1OC. The lowest BCUT2D eigenvalue weighted by Gasteiger charge is -2.14. The summed E-state index contributed by atoms with van der Waals surface area (Å²) in [6, 6.07) is 12.9. The van der Waals surface area contributed by atoms with Gasteiger partial charge >= 0.3 is 0 Å². The largest absolute Gasteiger partial charge is 0.495 e. The Balaban J connectivity index is 2.38. The van der Waals surface area contributed by atoms with E-state index < -0.39 is 9.84 Å². The van der Waals surface area contributed by atoms with Crippen molar-refractivity contribution in [3.63, 3.8) is 0 Å². The molecule has 0 saturated heterocycles. The first kappa shape index (κ1) is 18.0. The summed E-state index contributed by atoms with van der Waals surface area (Å²) >= 11 is 5.16. The molecule has 0 amide bonds. The molecule has 0 aliphatic heterocycles. The van der Waals surface area contributed by atoms with Gasteiger partial charge in [0.15, 0.2) is 5.11 Å². The van der Waals surface area contributed by atoms with E-state index in [0.717, 1.165) is 0 Å². The highest BCUT2D eigenvalue weighted by atomic mass is 32.2. The summed E-state index contributed by atoms with van der Waals surface area (Å²) in [5.74, 6) is 0.491. The maximum Gasteiger partial charge on any atom is 0.206 e. The number of ether oxygens (including phenoxy) is 1. The van der Waals surface area contributed by atoms with Crippen LogP contribution in [0.3, 0.4) is 0 Å². The smallest absolute Gasteiger partial charge is 0.206 e. The topological polar surface area (TPSA) is 67.4 Å². The number of rotatable bonds is 6. The molecule has 7 heteroatoms. The van der Waals surface area contributed by atoms with Crippen LogP contribution in [-0.2, 0) is 9.84 Å². The molecular weight excluding hydrogens is 344 g/mol. The van der Waals surface area contributed by atoms with Gasteiger partial charge in [-0.1, -0.05) is 24.3 Å². The Labute approximate surface area is 147 Å². The van der Waals surface area contributed by atoms with Gasteiger partial charge in [-0.2, -0.15) is 0 Å². The molecule has 2 N–H and O–H groups in total. The van der Waals surface area contributed by atoms with Crippen molar-refractivity contribution in [2.45, 2.75) is 9.79 Å². The fourth-order valence-electron chi connectivity index (χ4n) is 2.02. The highest BCUT2D eigenvalue weighted by Crippen LogP contribution is 2.30. The normalized spacial score (nSPS) is 10.7. The monoisotopic (exact) mass is 362 g/mol. The van der Waals surface area contributed by atoms with E-state index in [9.17, 15) is 8.42 Å². The first-order valence-electron chi connectivity index (χ1n) is 7.13. The van der Waals surface area contributed by atoms with Crippen LogP contribution >= 0.6 is 12.2 Å². The third-order valence-corrected chi connectivity index (χ3v) is 5.20. The van der Waals surface area contributed by atoms with Gasteiger partial charge in [0.2, 0.25) is 9.84 Å². The van der Waals surface area contributed by atoms with E-state index in [-0.39, 0.29) is 9.79 Å². The standard InChI is InChI=1S/C17H18N2O3S2/c1-3-11-18-17(23)19-15-12-14(9-10-16(15)22-2)24(20,21)13-7-5-4-6-8-13/h3-10,12H,1,11H2,2H3,(H2,18,19,23). The summed E-state index contributed by atoms with van der Waals surface area (Å²) < 4.78 is 30.7.